The Labute approximate surface area is 123 Å². The molecule has 0 aromatic carbocycles. The Balaban J connectivity index is 2.17. The molecule has 17 heavy (non-hydrogen) atoms. The summed E-state index contributed by atoms with van der Waals surface area (Å²) in [6.45, 7) is 0. The van der Waals surface area contributed by atoms with E-state index in [2.05, 4.69) is 0 Å². The molecule has 8 heteroatoms. The van der Waals surface area contributed by atoms with Gasteiger partial charge in [0.2, 0.25) is 0 Å². The maximum atomic E-state index is 6.21. The molecule has 0 aromatic rings. The first kappa shape index (κ1) is 15.3. The number of methoxy groups -OCH3 is 3. The Bertz CT molecular complexity index is 225. The molecule has 2 fully saturated rings. The molecule has 0 aliphatic carbocycles. The van der Waals surface area contributed by atoms with Gasteiger partial charge < -0.3 is 0 Å². The average molecular weight is 504 g/mol. The van der Waals surface area contributed by atoms with Crippen LogP contribution in [0.2, 0.25) is 5.32 Å². The van der Waals surface area contributed by atoms with Gasteiger partial charge in [0.25, 0.3) is 0 Å². The van der Waals surface area contributed by atoms with Crippen LogP contribution < -0.4 is 0 Å². The summed E-state index contributed by atoms with van der Waals surface area (Å²) in [5, 5.41) is 1.45. The van der Waals surface area contributed by atoms with Crippen molar-refractivity contribution in [3.8, 4) is 0 Å². The van der Waals surface area contributed by atoms with Gasteiger partial charge in [-0.2, -0.15) is 0 Å². The van der Waals surface area contributed by atoms with Gasteiger partial charge in [-0.05, 0) is 0 Å². The van der Waals surface area contributed by atoms with Crippen LogP contribution in [0.3, 0.4) is 0 Å². The summed E-state index contributed by atoms with van der Waals surface area (Å²) in [6.07, 6.45) is 0.318. The minimum atomic E-state index is 0.0211. The Morgan fingerprint density at radius 3 is 2.29 bits per heavy atom. The summed E-state index contributed by atoms with van der Waals surface area (Å²) in [6, 6.07) is 0. The Hall–Kier alpha value is 1.92. The summed E-state index contributed by atoms with van der Waals surface area (Å²) in [4.78, 5) is 0. The quantitative estimate of drug-likeness (QED) is 0.451. The molecular formula is C9H16O4Se4. The van der Waals surface area contributed by atoms with Gasteiger partial charge in [0, 0.05) is 0 Å². The zero-order valence-corrected chi connectivity index (χ0v) is 16.7. The molecule has 0 unspecified atom stereocenters. The summed E-state index contributed by atoms with van der Waals surface area (Å²) in [7, 11) is 5.25. The van der Waals surface area contributed by atoms with E-state index in [1.807, 2.05) is 0 Å². The van der Waals surface area contributed by atoms with E-state index in [-0.39, 0.29) is 29.4 Å². The number of ether oxygens (including phenoxy) is 4. The Morgan fingerprint density at radius 1 is 0.941 bits per heavy atom. The van der Waals surface area contributed by atoms with E-state index in [4.69, 9.17) is 18.9 Å². The topological polar surface area (TPSA) is 36.9 Å². The van der Waals surface area contributed by atoms with E-state index in [0.717, 1.165) is 35.7 Å². The second kappa shape index (κ2) is 7.63. The van der Waals surface area contributed by atoms with Gasteiger partial charge in [0.1, 0.15) is 0 Å². The van der Waals surface area contributed by atoms with E-state index in [1.54, 1.807) is 21.3 Å². The first-order valence-corrected chi connectivity index (χ1v) is 20.4. The molecule has 100 valence electrons. The predicted octanol–water partition coefficient (Wildman–Crippen LogP) is -1.25. The fourth-order valence-electron chi connectivity index (χ4n) is 2.06. The van der Waals surface area contributed by atoms with Gasteiger partial charge in [0.05, 0.1) is 0 Å². The van der Waals surface area contributed by atoms with Crippen molar-refractivity contribution in [2.45, 2.75) is 34.7 Å². The summed E-state index contributed by atoms with van der Waals surface area (Å²) in [5.74, 6) is 0. The Kier molecular flexibility index (Phi) is 6.88. The molecule has 2 aliphatic heterocycles. The third-order valence-electron chi connectivity index (χ3n) is 2.85. The second-order valence-electron chi connectivity index (χ2n) is 3.66. The second-order valence-corrected chi connectivity index (χ2v) is 29.9. The van der Waals surface area contributed by atoms with E-state index in [0.29, 0.717) is 13.1 Å². The van der Waals surface area contributed by atoms with Crippen molar-refractivity contribution in [2.75, 3.05) is 21.3 Å². The molecular weight excluding hydrogens is 488 g/mol. The standard InChI is InChI=1S/C9H16O4Se4/c1-10-6-5-4-14-16-17-15-9(13-5)8(12-3)7(6)11-2/h5-9H,4H2,1-3H3/t5-,6-,7+,8+,9+/m1/s1. The van der Waals surface area contributed by atoms with Crippen LogP contribution in [-0.4, -0.2) is 99.6 Å². The molecule has 2 rings (SSSR count). The fourth-order valence-corrected chi connectivity index (χ4v) is 42.5. The number of hydrogen-bond acceptors (Lipinski definition) is 4. The van der Waals surface area contributed by atoms with Crippen LogP contribution in [0.25, 0.3) is 0 Å². The maximum absolute atomic E-state index is 6.21. The molecule has 0 saturated carbocycles. The summed E-state index contributed by atoms with van der Waals surface area (Å²) < 4.78 is 23.1. The number of rotatable bonds is 3. The molecule has 2 heterocycles. The Morgan fingerprint density at radius 2 is 1.65 bits per heavy atom. The van der Waals surface area contributed by atoms with Crippen molar-refractivity contribution in [1.29, 1.82) is 0 Å². The minimum absolute atomic E-state index is 0.0211. The average Bonchev–Trinajstić information content (AvgIpc) is 2.33. The van der Waals surface area contributed by atoms with Crippen LogP contribution in [0.4, 0.5) is 0 Å². The zero-order chi connectivity index (χ0) is 12.3. The first-order valence-electron chi connectivity index (χ1n) is 5.17. The number of fused-ring (bicyclic) bond motifs is 2. The number of hydrogen-bond donors (Lipinski definition) is 0. The van der Waals surface area contributed by atoms with E-state index in [9.17, 15) is 0 Å². The molecule has 2 saturated heterocycles. The van der Waals surface area contributed by atoms with Gasteiger partial charge in [-0.3, -0.25) is 0 Å². The van der Waals surface area contributed by atoms with Crippen molar-refractivity contribution >= 4 is 48.9 Å². The SMILES string of the molecule is CO[C@H]1[C@H](OC)[C@H]2C[Se][Se][Se][Se][C@H](O2)[C@H]1OC. The third-order valence-corrected chi connectivity index (χ3v) is 41.0. The van der Waals surface area contributed by atoms with E-state index >= 15 is 0 Å². The van der Waals surface area contributed by atoms with Crippen molar-refractivity contribution in [3.05, 3.63) is 0 Å². The normalized spacial score (nSPS) is 42.9. The molecule has 4 nitrogen and oxygen atoms in total. The van der Waals surface area contributed by atoms with Gasteiger partial charge in [0.15, 0.2) is 0 Å². The molecule has 0 amide bonds. The summed E-state index contributed by atoms with van der Waals surface area (Å²) in [5.41, 5.74) is 0. The van der Waals surface area contributed by atoms with Gasteiger partial charge in [-0.1, -0.05) is 0 Å². The van der Waals surface area contributed by atoms with Crippen LogP contribution >= 0.6 is 0 Å². The van der Waals surface area contributed by atoms with Gasteiger partial charge in [-0.15, -0.1) is 0 Å². The first-order chi connectivity index (χ1) is 8.31. The van der Waals surface area contributed by atoms with E-state index < -0.39 is 0 Å². The van der Waals surface area contributed by atoms with Crippen molar-refractivity contribution in [1.82, 2.24) is 0 Å². The molecule has 0 spiro atoms. The summed E-state index contributed by atoms with van der Waals surface area (Å²) >= 11 is 3.09. The van der Waals surface area contributed by atoms with E-state index in [1.165, 1.54) is 5.32 Å². The van der Waals surface area contributed by atoms with Crippen LogP contribution in [0.5, 0.6) is 0 Å². The van der Waals surface area contributed by atoms with Gasteiger partial charge >= 0.3 is 124 Å². The van der Waals surface area contributed by atoms with Crippen LogP contribution in [0.1, 0.15) is 0 Å². The molecule has 2 bridgehead atoms. The third kappa shape index (κ3) is 3.52. The monoisotopic (exact) mass is 508 g/mol. The molecule has 5 atom stereocenters. The van der Waals surface area contributed by atoms with Crippen LogP contribution in [0.15, 0.2) is 0 Å². The molecule has 2 aliphatic rings. The van der Waals surface area contributed by atoms with Crippen LogP contribution in [-0.2, 0) is 18.9 Å². The van der Waals surface area contributed by atoms with Crippen molar-refractivity contribution in [3.63, 3.8) is 0 Å². The molecule has 0 radical (unpaired) electrons. The molecule has 0 aromatic heterocycles. The predicted molar refractivity (Wildman–Crippen MR) is 68.9 cm³/mol. The van der Waals surface area contributed by atoms with Crippen molar-refractivity contribution in [2.24, 2.45) is 0 Å². The van der Waals surface area contributed by atoms with Crippen LogP contribution in [0, 0.1) is 0 Å². The van der Waals surface area contributed by atoms with Gasteiger partial charge in [-0.25, -0.2) is 0 Å². The fraction of sp³-hybridized carbons (Fsp3) is 1.00. The van der Waals surface area contributed by atoms with Crippen molar-refractivity contribution < 1.29 is 18.9 Å². The molecule has 0 N–H and O–H groups in total. The zero-order valence-electron chi connectivity index (χ0n) is 9.86.